The maximum atomic E-state index is 12.9. The predicted octanol–water partition coefficient (Wildman–Crippen LogP) is 2.67. The molecule has 0 saturated carbocycles. The molecule has 128 valence electrons. The molecule has 0 amide bonds. The van der Waals surface area contributed by atoms with Crippen LogP contribution in [0.4, 0.5) is 0 Å². The largest absolute Gasteiger partial charge is 0.296 e. The van der Waals surface area contributed by atoms with Crippen molar-refractivity contribution in [3.05, 3.63) is 29.3 Å². The van der Waals surface area contributed by atoms with Crippen molar-refractivity contribution in [2.24, 2.45) is 0 Å². The minimum atomic E-state index is -3.36. The lowest BCUT2D eigenvalue weighted by Crippen LogP contribution is -2.54. The van der Waals surface area contributed by atoms with Crippen molar-refractivity contribution in [1.82, 2.24) is 9.21 Å². The molecule has 0 bridgehead atoms. The Morgan fingerprint density at radius 3 is 2.13 bits per heavy atom. The normalized spacial score (nSPS) is 21.2. The standard InChI is InChI=1S/C18H28N2O2S/c1-18(2,3)19-10-12-20(13-11-19)23(21,22)17-9-8-15-6-4-5-7-16(15)14-17/h8-9,14H,4-7,10-13H2,1-3H3. The van der Waals surface area contributed by atoms with E-state index in [1.807, 2.05) is 12.1 Å². The van der Waals surface area contributed by atoms with E-state index >= 15 is 0 Å². The second-order valence-electron chi connectivity index (χ2n) is 7.70. The molecule has 1 aliphatic carbocycles. The van der Waals surface area contributed by atoms with E-state index in [1.54, 1.807) is 10.4 Å². The summed E-state index contributed by atoms with van der Waals surface area (Å²) in [5, 5.41) is 0. The maximum Gasteiger partial charge on any atom is 0.243 e. The Kier molecular flexibility index (Phi) is 4.55. The van der Waals surface area contributed by atoms with Gasteiger partial charge in [-0.3, -0.25) is 4.90 Å². The Hall–Kier alpha value is -0.910. The first-order valence-corrected chi connectivity index (χ1v) is 10.1. The highest BCUT2D eigenvalue weighted by Crippen LogP contribution is 2.27. The molecule has 0 unspecified atom stereocenters. The molecule has 0 aromatic heterocycles. The summed E-state index contributed by atoms with van der Waals surface area (Å²) in [6.07, 6.45) is 4.48. The zero-order valence-electron chi connectivity index (χ0n) is 14.5. The number of benzene rings is 1. The molecular weight excluding hydrogens is 308 g/mol. The highest BCUT2D eigenvalue weighted by atomic mass is 32.2. The van der Waals surface area contributed by atoms with Crippen LogP contribution in [0.3, 0.4) is 0 Å². The molecule has 5 heteroatoms. The molecule has 3 rings (SSSR count). The van der Waals surface area contributed by atoms with Gasteiger partial charge in [0.15, 0.2) is 0 Å². The van der Waals surface area contributed by atoms with E-state index in [4.69, 9.17) is 0 Å². The summed E-state index contributed by atoms with van der Waals surface area (Å²) in [6, 6.07) is 5.74. The fourth-order valence-electron chi connectivity index (χ4n) is 3.62. The number of rotatable bonds is 2. The van der Waals surface area contributed by atoms with Crippen LogP contribution in [0.2, 0.25) is 0 Å². The topological polar surface area (TPSA) is 40.6 Å². The van der Waals surface area contributed by atoms with Crippen molar-refractivity contribution in [2.45, 2.75) is 56.9 Å². The fraction of sp³-hybridized carbons (Fsp3) is 0.667. The van der Waals surface area contributed by atoms with Crippen LogP contribution in [0.1, 0.15) is 44.7 Å². The van der Waals surface area contributed by atoms with E-state index in [1.165, 1.54) is 24.0 Å². The molecule has 1 aliphatic heterocycles. The maximum absolute atomic E-state index is 12.9. The molecule has 1 aromatic carbocycles. The van der Waals surface area contributed by atoms with Gasteiger partial charge in [0.05, 0.1) is 4.90 Å². The van der Waals surface area contributed by atoms with Gasteiger partial charge in [0.2, 0.25) is 10.0 Å². The number of sulfonamides is 1. The van der Waals surface area contributed by atoms with Crippen molar-refractivity contribution >= 4 is 10.0 Å². The van der Waals surface area contributed by atoms with E-state index in [2.05, 4.69) is 25.7 Å². The van der Waals surface area contributed by atoms with Gasteiger partial charge in [0, 0.05) is 31.7 Å². The molecular formula is C18H28N2O2S. The molecule has 0 spiro atoms. The van der Waals surface area contributed by atoms with Crippen molar-refractivity contribution in [3.63, 3.8) is 0 Å². The van der Waals surface area contributed by atoms with Crippen molar-refractivity contribution in [2.75, 3.05) is 26.2 Å². The van der Waals surface area contributed by atoms with Gasteiger partial charge in [-0.05, 0) is 69.7 Å². The first-order chi connectivity index (χ1) is 10.8. The molecule has 1 fully saturated rings. The third kappa shape index (κ3) is 3.47. The van der Waals surface area contributed by atoms with Gasteiger partial charge in [0.25, 0.3) is 0 Å². The van der Waals surface area contributed by atoms with Crippen molar-refractivity contribution in [1.29, 1.82) is 0 Å². The van der Waals surface area contributed by atoms with Gasteiger partial charge in [-0.2, -0.15) is 4.31 Å². The van der Waals surface area contributed by atoms with E-state index in [9.17, 15) is 8.42 Å². The number of piperazine rings is 1. The van der Waals surface area contributed by atoms with Crippen LogP contribution < -0.4 is 0 Å². The number of hydrogen-bond acceptors (Lipinski definition) is 3. The summed E-state index contributed by atoms with van der Waals surface area (Å²) < 4.78 is 27.5. The van der Waals surface area contributed by atoms with E-state index in [0.717, 1.165) is 25.9 Å². The first kappa shape index (κ1) is 16.9. The average molecular weight is 337 g/mol. The highest BCUT2D eigenvalue weighted by Gasteiger charge is 2.32. The van der Waals surface area contributed by atoms with Gasteiger partial charge in [-0.1, -0.05) is 6.07 Å². The molecule has 1 aromatic rings. The lowest BCUT2D eigenvalue weighted by molar-refractivity contribution is 0.0922. The van der Waals surface area contributed by atoms with Gasteiger partial charge >= 0.3 is 0 Å². The lowest BCUT2D eigenvalue weighted by Gasteiger charge is -2.41. The summed E-state index contributed by atoms with van der Waals surface area (Å²) in [6.45, 7) is 9.30. The van der Waals surface area contributed by atoms with Gasteiger partial charge in [-0.15, -0.1) is 0 Å². The molecule has 1 saturated heterocycles. The second kappa shape index (κ2) is 6.19. The summed E-state index contributed by atoms with van der Waals surface area (Å²) >= 11 is 0. The van der Waals surface area contributed by atoms with E-state index in [-0.39, 0.29) is 5.54 Å². The predicted molar refractivity (Wildman–Crippen MR) is 93.2 cm³/mol. The van der Waals surface area contributed by atoms with Gasteiger partial charge in [0.1, 0.15) is 0 Å². The lowest BCUT2D eigenvalue weighted by atomic mass is 9.92. The van der Waals surface area contributed by atoms with Gasteiger partial charge < -0.3 is 0 Å². The second-order valence-corrected chi connectivity index (χ2v) is 9.64. The fourth-order valence-corrected chi connectivity index (χ4v) is 5.09. The number of nitrogens with zero attached hydrogens (tertiary/aromatic N) is 2. The minimum absolute atomic E-state index is 0.0989. The molecule has 4 nitrogen and oxygen atoms in total. The minimum Gasteiger partial charge on any atom is -0.296 e. The smallest absolute Gasteiger partial charge is 0.243 e. The summed E-state index contributed by atoms with van der Waals surface area (Å²) in [7, 11) is -3.36. The zero-order valence-corrected chi connectivity index (χ0v) is 15.3. The summed E-state index contributed by atoms with van der Waals surface area (Å²) in [5.41, 5.74) is 2.65. The number of hydrogen-bond donors (Lipinski definition) is 0. The van der Waals surface area contributed by atoms with Crippen LogP contribution >= 0.6 is 0 Å². The van der Waals surface area contributed by atoms with Crippen LogP contribution in [0.15, 0.2) is 23.1 Å². The third-order valence-corrected chi connectivity index (χ3v) is 7.04. The van der Waals surface area contributed by atoms with Crippen LogP contribution in [0.25, 0.3) is 0 Å². The third-order valence-electron chi connectivity index (χ3n) is 5.15. The highest BCUT2D eigenvalue weighted by molar-refractivity contribution is 7.89. The van der Waals surface area contributed by atoms with Crippen LogP contribution in [0.5, 0.6) is 0 Å². The monoisotopic (exact) mass is 336 g/mol. The van der Waals surface area contributed by atoms with E-state index < -0.39 is 10.0 Å². The number of fused-ring (bicyclic) bond motifs is 1. The molecule has 23 heavy (non-hydrogen) atoms. The van der Waals surface area contributed by atoms with E-state index in [0.29, 0.717) is 18.0 Å². The van der Waals surface area contributed by atoms with Crippen molar-refractivity contribution < 1.29 is 8.42 Å². The Balaban J connectivity index is 1.77. The molecule has 0 radical (unpaired) electrons. The first-order valence-electron chi connectivity index (χ1n) is 8.65. The SMILES string of the molecule is CC(C)(C)N1CCN(S(=O)(=O)c2ccc3c(c2)CCCC3)CC1. The quantitative estimate of drug-likeness (QED) is 0.834. The Bertz CT molecular complexity index is 669. The molecule has 2 aliphatic rings. The molecule has 0 atom stereocenters. The Morgan fingerprint density at radius 2 is 1.52 bits per heavy atom. The zero-order chi connectivity index (χ0) is 16.7. The summed E-state index contributed by atoms with van der Waals surface area (Å²) in [5.74, 6) is 0. The van der Waals surface area contributed by atoms with Crippen LogP contribution in [0, 0.1) is 0 Å². The van der Waals surface area contributed by atoms with Gasteiger partial charge in [-0.25, -0.2) is 8.42 Å². The average Bonchev–Trinajstić information content (AvgIpc) is 2.53. The summed E-state index contributed by atoms with van der Waals surface area (Å²) in [4.78, 5) is 2.83. The van der Waals surface area contributed by atoms with Crippen molar-refractivity contribution in [3.8, 4) is 0 Å². The molecule has 0 N–H and O–H groups in total. The Morgan fingerprint density at radius 1 is 0.913 bits per heavy atom. The number of aryl methyl sites for hydroxylation is 2. The van der Waals surface area contributed by atoms with Crippen LogP contribution in [-0.2, 0) is 22.9 Å². The Labute approximate surface area is 140 Å². The molecule has 1 heterocycles. The van der Waals surface area contributed by atoms with Crippen LogP contribution in [-0.4, -0.2) is 49.3 Å².